The monoisotopic (exact) mass is 381 g/mol. The third-order valence-corrected chi connectivity index (χ3v) is 4.14. The van der Waals surface area contributed by atoms with Crippen molar-refractivity contribution < 1.29 is 23.7 Å². The molecular weight excluding hydrogens is 366 g/mol. The molecule has 2 aromatic carbocycles. The van der Waals surface area contributed by atoms with Gasteiger partial charge < -0.3 is 9.15 Å². The Labute approximate surface area is 158 Å². The summed E-state index contributed by atoms with van der Waals surface area (Å²) >= 11 is 0. The molecule has 0 aliphatic heterocycles. The Balaban J connectivity index is 1.86. The number of hydrogen-bond acceptors (Lipinski definition) is 7. The first kappa shape index (κ1) is 19.0. The summed E-state index contributed by atoms with van der Waals surface area (Å²) in [6, 6.07) is 11.5. The number of carbonyl (C=O) groups excluding carboxylic acids is 2. The fourth-order valence-corrected chi connectivity index (χ4v) is 2.60. The highest BCUT2D eigenvalue weighted by atomic mass is 16.6. The molecule has 1 atom stereocenters. The number of ether oxygens (including phenoxy) is 1. The highest BCUT2D eigenvalue weighted by molar-refractivity contribution is 6.01. The normalized spacial score (nSPS) is 11.8. The van der Waals surface area contributed by atoms with Crippen molar-refractivity contribution in [2.24, 2.45) is 0 Å². The Morgan fingerprint density at radius 1 is 1.11 bits per heavy atom. The highest BCUT2D eigenvalue weighted by Gasteiger charge is 2.23. The minimum absolute atomic E-state index is 0.0935. The zero-order chi connectivity index (χ0) is 20.4. The summed E-state index contributed by atoms with van der Waals surface area (Å²) in [5, 5.41) is 11.1. The van der Waals surface area contributed by atoms with E-state index in [1.54, 1.807) is 24.3 Å². The maximum absolute atomic E-state index is 12.4. The number of nitro benzene ring substituents is 1. The molecule has 28 heavy (non-hydrogen) atoms. The van der Waals surface area contributed by atoms with Crippen molar-refractivity contribution in [1.82, 2.24) is 0 Å². The van der Waals surface area contributed by atoms with Gasteiger partial charge in [-0.2, -0.15) is 0 Å². The van der Waals surface area contributed by atoms with Gasteiger partial charge in [-0.15, -0.1) is 0 Å². The molecule has 0 saturated carbocycles. The van der Waals surface area contributed by atoms with Crippen molar-refractivity contribution in [2.75, 3.05) is 0 Å². The lowest BCUT2D eigenvalue weighted by atomic mass is 10.1. The zero-order valence-corrected chi connectivity index (χ0v) is 15.0. The van der Waals surface area contributed by atoms with E-state index in [1.807, 2.05) is 6.92 Å². The molecule has 3 rings (SSSR count). The predicted molar refractivity (Wildman–Crippen MR) is 99.5 cm³/mol. The number of Topliss-reactive ketones (excluding diaryl/α,β-unsaturated/α-hetero) is 1. The SMILES string of the molecule is Cc1ccc(C(=O)[C@H](C)OC(=O)c2cc3cc([N+](=O)[O-])ccc3oc2=O)cc1. The van der Waals surface area contributed by atoms with E-state index in [-0.39, 0.29) is 16.7 Å². The molecule has 8 nitrogen and oxygen atoms in total. The van der Waals surface area contributed by atoms with Crippen molar-refractivity contribution in [2.45, 2.75) is 20.0 Å². The first-order valence-corrected chi connectivity index (χ1v) is 8.30. The van der Waals surface area contributed by atoms with E-state index in [4.69, 9.17) is 9.15 Å². The number of esters is 1. The third kappa shape index (κ3) is 3.80. The van der Waals surface area contributed by atoms with Crippen molar-refractivity contribution in [1.29, 1.82) is 0 Å². The molecule has 1 heterocycles. The Kier molecular flexibility index (Phi) is 5.04. The van der Waals surface area contributed by atoms with Crippen LogP contribution in [0.5, 0.6) is 0 Å². The van der Waals surface area contributed by atoms with Gasteiger partial charge in [0, 0.05) is 23.1 Å². The van der Waals surface area contributed by atoms with Gasteiger partial charge in [0.1, 0.15) is 11.1 Å². The molecule has 3 aromatic rings. The lowest BCUT2D eigenvalue weighted by Crippen LogP contribution is -2.27. The Bertz CT molecular complexity index is 1150. The van der Waals surface area contributed by atoms with Crippen LogP contribution in [0.1, 0.15) is 33.2 Å². The molecular formula is C20H15NO7. The van der Waals surface area contributed by atoms with Crippen molar-refractivity contribution in [3.05, 3.63) is 85.8 Å². The molecule has 142 valence electrons. The zero-order valence-electron chi connectivity index (χ0n) is 15.0. The van der Waals surface area contributed by atoms with Gasteiger partial charge in [-0.1, -0.05) is 29.8 Å². The van der Waals surface area contributed by atoms with E-state index in [1.165, 1.54) is 25.1 Å². The van der Waals surface area contributed by atoms with E-state index in [2.05, 4.69) is 0 Å². The number of rotatable bonds is 5. The molecule has 0 unspecified atom stereocenters. The molecule has 0 fully saturated rings. The summed E-state index contributed by atoms with van der Waals surface area (Å²) < 4.78 is 10.1. The largest absolute Gasteiger partial charge is 0.450 e. The molecule has 0 amide bonds. The van der Waals surface area contributed by atoms with Crippen LogP contribution >= 0.6 is 0 Å². The molecule has 0 radical (unpaired) electrons. The number of nitro groups is 1. The fourth-order valence-electron chi connectivity index (χ4n) is 2.60. The van der Waals surface area contributed by atoms with E-state index < -0.39 is 34.0 Å². The molecule has 1 aromatic heterocycles. The standard InChI is InChI=1S/C20H15NO7/c1-11-3-5-13(6-4-11)18(22)12(2)27-19(23)16-10-14-9-15(21(25)26)7-8-17(14)28-20(16)24/h3-10,12H,1-2H3/t12-/m0/s1. The van der Waals surface area contributed by atoms with E-state index >= 15 is 0 Å². The van der Waals surface area contributed by atoms with E-state index in [0.29, 0.717) is 5.56 Å². The number of nitrogens with zero attached hydrogens (tertiary/aromatic N) is 1. The summed E-state index contributed by atoms with van der Waals surface area (Å²) in [7, 11) is 0. The number of fused-ring (bicyclic) bond motifs is 1. The summed E-state index contributed by atoms with van der Waals surface area (Å²) in [6.45, 7) is 3.27. The van der Waals surface area contributed by atoms with Crippen LogP contribution in [0, 0.1) is 17.0 Å². The second kappa shape index (κ2) is 7.43. The molecule has 0 aliphatic carbocycles. The second-order valence-corrected chi connectivity index (χ2v) is 6.20. The quantitative estimate of drug-likeness (QED) is 0.218. The lowest BCUT2D eigenvalue weighted by molar-refractivity contribution is -0.384. The lowest BCUT2D eigenvalue weighted by Gasteiger charge is -2.12. The number of aryl methyl sites for hydroxylation is 1. The number of hydrogen-bond donors (Lipinski definition) is 0. The maximum Gasteiger partial charge on any atom is 0.351 e. The van der Waals surface area contributed by atoms with Gasteiger partial charge in [0.05, 0.1) is 4.92 Å². The first-order chi connectivity index (χ1) is 13.3. The molecule has 0 N–H and O–H groups in total. The fraction of sp³-hybridized carbons (Fsp3) is 0.150. The van der Waals surface area contributed by atoms with Gasteiger partial charge in [0.2, 0.25) is 5.78 Å². The summed E-state index contributed by atoms with van der Waals surface area (Å²) in [6.07, 6.45) is -1.13. The minimum Gasteiger partial charge on any atom is -0.450 e. The first-order valence-electron chi connectivity index (χ1n) is 8.30. The highest BCUT2D eigenvalue weighted by Crippen LogP contribution is 2.21. The Hall–Kier alpha value is -3.81. The minimum atomic E-state index is -1.13. The third-order valence-electron chi connectivity index (χ3n) is 4.14. The molecule has 0 aliphatic rings. The number of benzene rings is 2. The maximum atomic E-state index is 12.4. The van der Waals surface area contributed by atoms with Crippen LogP contribution in [0.25, 0.3) is 11.0 Å². The van der Waals surface area contributed by atoms with Crippen LogP contribution in [0.2, 0.25) is 0 Å². The molecule has 0 bridgehead atoms. The van der Waals surface area contributed by atoms with Crippen LogP contribution < -0.4 is 5.63 Å². The average molecular weight is 381 g/mol. The smallest absolute Gasteiger partial charge is 0.351 e. The summed E-state index contributed by atoms with van der Waals surface area (Å²) in [4.78, 5) is 47.1. The Morgan fingerprint density at radius 3 is 2.43 bits per heavy atom. The van der Waals surface area contributed by atoms with Gasteiger partial charge >= 0.3 is 11.6 Å². The van der Waals surface area contributed by atoms with Crippen molar-refractivity contribution in [3.8, 4) is 0 Å². The summed E-state index contributed by atoms with van der Waals surface area (Å²) in [5.74, 6) is -1.47. The van der Waals surface area contributed by atoms with Crippen LogP contribution in [0.3, 0.4) is 0 Å². The topological polar surface area (TPSA) is 117 Å². The Morgan fingerprint density at radius 2 is 1.79 bits per heavy atom. The van der Waals surface area contributed by atoms with E-state index in [0.717, 1.165) is 11.6 Å². The van der Waals surface area contributed by atoms with Crippen molar-refractivity contribution >= 4 is 28.4 Å². The van der Waals surface area contributed by atoms with Gasteiger partial charge in [-0.05, 0) is 26.0 Å². The van der Waals surface area contributed by atoms with Crippen LogP contribution in [0.4, 0.5) is 5.69 Å². The van der Waals surface area contributed by atoms with Crippen molar-refractivity contribution in [3.63, 3.8) is 0 Å². The number of non-ortho nitro benzene ring substituents is 1. The number of ketones is 1. The molecule has 0 spiro atoms. The van der Waals surface area contributed by atoms with Gasteiger partial charge in [0.15, 0.2) is 6.10 Å². The van der Waals surface area contributed by atoms with Gasteiger partial charge in [0.25, 0.3) is 5.69 Å². The van der Waals surface area contributed by atoms with Crippen LogP contribution in [0.15, 0.2) is 57.7 Å². The molecule has 0 saturated heterocycles. The van der Waals surface area contributed by atoms with Crippen LogP contribution in [-0.2, 0) is 4.74 Å². The summed E-state index contributed by atoms with van der Waals surface area (Å²) in [5.41, 5.74) is -0.187. The van der Waals surface area contributed by atoms with Crippen LogP contribution in [-0.4, -0.2) is 22.8 Å². The van der Waals surface area contributed by atoms with Gasteiger partial charge in [-0.25, -0.2) is 9.59 Å². The van der Waals surface area contributed by atoms with Gasteiger partial charge in [-0.3, -0.25) is 14.9 Å². The molecule has 8 heteroatoms. The number of carbonyl (C=O) groups is 2. The van der Waals surface area contributed by atoms with E-state index in [9.17, 15) is 24.5 Å². The average Bonchev–Trinajstić information content (AvgIpc) is 2.66. The second-order valence-electron chi connectivity index (χ2n) is 6.20. The predicted octanol–water partition coefficient (Wildman–Crippen LogP) is 3.44.